The number of amides is 2. The lowest BCUT2D eigenvalue weighted by molar-refractivity contribution is -0.124. The van der Waals surface area contributed by atoms with Gasteiger partial charge in [-0.15, -0.1) is 0 Å². The maximum absolute atomic E-state index is 12.6. The molecule has 2 amide bonds. The number of rotatable bonds is 3. The van der Waals surface area contributed by atoms with Gasteiger partial charge in [0.15, 0.2) is 5.13 Å². The maximum Gasteiger partial charge on any atom is 0.255 e. The fourth-order valence-electron chi connectivity index (χ4n) is 3.16. The summed E-state index contributed by atoms with van der Waals surface area (Å²) in [5, 5.41) is 3.45. The van der Waals surface area contributed by atoms with E-state index in [9.17, 15) is 9.59 Å². The monoisotopic (exact) mass is 357 g/mol. The fourth-order valence-corrected chi connectivity index (χ4v) is 4.18. The molecule has 0 radical (unpaired) electrons. The van der Waals surface area contributed by atoms with Crippen LogP contribution in [0.15, 0.2) is 30.3 Å². The highest BCUT2D eigenvalue weighted by Crippen LogP contribution is 2.29. The van der Waals surface area contributed by atoms with E-state index in [4.69, 9.17) is 4.74 Å². The number of carbonyl (C=O) groups excluding carboxylic acids is 2. The Kier molecular flexibility index (Phi) is 4.50. The molecule has 1 aromatic carbocycles. The minimum absolute atomic E-state index is 0.0320. The minimum Gasteiger partial charge on any atom is -0.368 e. The number of aromatic nitrogens is 1. The van der Waals surface area contributed by atoms with E-state index in [0.29, 0.717) is 36.8 Å². The van der Waals surface area contributed by atoms with Gasteiger partial charge >= 0.3 is 0 Å². The fraction of sp³-hybridized carbons (Fsp3) is 0.389. The second-order valence-electron chi connectivity index (χ2n) is 6.22. The quantitative estimate of drug-likeness (QED) is 0.916. The van der Waals surface area contributed by atoms with Gasteiger partial charge in [0.25, 0.3) is 11.8 Å². The molecule has 1 atom stereocenters. The Hall–Kier alpha value is -2.25. The Balaban J connectivity index is 1.44. The van der Waals surface area contributed by atoms with Gasteiger partial charge in [-0.25, -0.2) is 4.98 Å². The first-order valence-corrected chi connectivity index (χ1v) is 9.28. The van der Waals surface area contributed by atoms with Crippen LogP contribution >= 0.6 is 11.3 Å². The smallest absolute Gasteiger partial charge is 0.255 e. The molecular weight excluding hydrogens is 338 g/mol. The van der Waals surface area contributed by atoms with Crippen LogP contribution in [0.5, 0.6) is 0 Å². The molecule has 130 valence electrons. The number of anilines is 1. The first-order valence-electron chi connectivity index (χ1n) is 8.46. The number of nitrogens with zero attached hydrogens (tertiary/aromatic N) is 2. The molecule has 1 saturated heterocycles. The summed E-state index contributed by atoms with van der Waals surface area (Å²) in [6, 6.07) is 9.30. The lowest BCUT2D eigenvalue weighted by Gasteiger charge is -2.26. The van der Waals surface area contributed by atoms with Crippen LogP contribution in [0, 0.1) is 0 Å². The zero-order chi connectivity index (χ0) is 17.2. The predicted molar refractivity (Wildman–Crippen MR) is 94.6 cm³/mol. The number of nitrogens with one attached hydrogen (secondary N) is 1. The van der Waals surface area contributed by atoms with Crippen LogP contribution in [0.4, 0.5) is 5.13 Å². The molecule has 6 nitrogen and oxygen atoms in total. The van der Waals surface area contributed by atoms with Crippen molar-refractivity contribution in [3.8, 4) is 0 Å². The van der Waals surface area contributed by atoms with Crippen molar-refractivity contribution in [1.82, 2.24) is 9.88 Å². The number of carbonyl (C=O) groups is 2. The predicted octanol–water partition coefficient (Wildman–Crippen LogP) is 2.46. The van der Waals surface area contributed by atoms with Gasteiger partial charge < -0.3 is 9.64 Å². The molecule has 25 heavy (non-hydrogen) atoms. The standard InChI is InChI=1S/C18H19N3O3S/c22-16(14-7-4-10-24-14)20-18-19-13-8-9-21(11-15(13)25-18)17(23)12-5-2-1-3-6-12/h1-3,5-6,14H,4,7-11H2,(H,19,20,22). The van der Waals surface area contributed by atoms with Gasteiger partial charge in [-0.05, 0) is 25.0 Å². The molecule has 2 aromatic rings. The Morgan fingerprint density at radius 1 is 1.28 bits per heavy atom. The molecule has 4 rings (SSSR count). The molecule has 1 N–H and O–H groups in total. The van der Waals surface area contributed by atoms with Crippen molar-refractivity contribution in [2.24, 2.45) is 0 Å². The van der Waals surface area contributed by atoms with Gasteiger partial charge in [0.05, 0.1) is 12.2 Å². The average Bonchev–Trinajstić information content (AvgIpc) is 3.30. The molecule has 0 saturated carbocycles. The largest absolute Gasteiger partial charge is 0.368 e. The third kappa shape index (κ3) is 3.43. The maximum atomic E-state index is 12.6. The van der Waals surface area contributed by atoms with Crippen molar-refractivity contribution in [3.63, 3.8) is 0 Å². The number of hydrogen-bond donors (Lipinski definition) is 1. The van der Waals surface area contributed by atoms with Crippen molar-refractivity contribution in [2.75, 3.05) is 18.5 Å². The molecule has 0 bridgehead atoms. The highest BCUT2D eigenvalue weighted by atomic mass is 32.1. The molecule has 3 heterocycles. The Morgan fingerprint density at radius 3 is 2.88 bits per heavy atom. The van der Waals surface area contributed by atoms with E-state index in [1.807, 2.05) is 35.2 Å². The summed E-state index contributed by atoms with van der Waals surface area (Å²) in [5.74, 6) is -0.0922. The van der Waals surface area contributed by atoms with Gasteiger partial charge in [0.2, 0.25) is 0 Å². The molecule has 1 fully saturated rings. The van der Waals surface area contributed by atoms with Crippen LogP contribution in [0.3, 0.4) is 0 Å². The van der Waals surface area contributed by atoms with Crippen molar-refractivity contribution in [3.05, 3.63) is 46.5 Å². The lowest BCUT2D eigenvalue weighted by Crippen LogP contribution is -2.35. The highest BCUT2D eigenvalue weighted by molar-refractivity contribution is 7.15. The molecule has 7 heteroatoms. The second-order valence-corrected chi connectivity index (χ2v) is 7.31. The third-order valence-corrected chi connectivity index (χ3v) is 5.49. The van der Waals surface area contributed by atoms with Crippen LogP contribution < -0.4 is 5.32 Å². The third-order valence-electron chi connectivity index (χ3n) is 4.49. The Morgan fingerprint density at radius 2 is 2.12 bits per heavy atom. The topological polar surface area (TPSA) is 71.5 Å². The van der Waals surface area contributed by atoms with E-state index < -0.39 is 0 Å². The number of ether oxygens (including phenoxy) is 1. The molecule has 2 aliphatic rings. The SMILES string of the molecule is O=C(Nc1nc2c(s1)CN(C(=O)c1ccccc1)CC2)C1CCCO1. The van der Waals surface area contributed by atoms with Crippen LogP contribution in [0.1, 0.15) is 33.8 Å². The lowest BCUT2D eigenvalue weighted by atomic mass is 10.1. The summed E-state index contributed by atoms with van der Waals surface area (Å²) in [4.78, 5) is 32.1. The van der Waals surface area contributed by atoms with Crippen molar-refractivity contribution < 1.29 is 14.3 Å². The van der Waals surface area contributed by atoms with Crippen molar-refractivity contribution in [1.29, 1.82) is 0 Å². The van der Waals surface area contributed by atoms with Gasteiger partial charge in [-0.2, -0.15) is 0 Å². The first kappa shape index (κ1) is 16.2. The molecule has 2 aliphatic heterocycles. The summed E-state index contributed by atoms with van der Waals surface area (Å²) >= 11 is 1.45. The van der Waals surface area contributed by atoms with Gasteiger partial charge in [0.1, 0.15) is 6.10 Å². The van der Waals surface area contributed by atoms with E-state index in [1.165, 1.54) is 11.3 Å². The summed E-state index contributed by atoms with van der Waals surface area (Å²) in [6.45, 7) is 1.82. The summed E-state index contributed by atoms with van der Waals surface area (Å²) in [6.07, 6.45) is 2.02. The van der Waals surface area contributed by atoms with Gasteiger partial charge in [0, 0.05) is 30.0 Å². The number of benzene rings is 1. The molecule has 1 aromatic heterocycles. The highest BCUT2D eigenvalue weighted by Gasteiger charge is 2.27. The normalized spacial score (nSPS) is 19.5. The molecular formula is C18H19N3O3S. The van der Waals surface area contributed by atoms with Crippen molar-refractivity contribution >= 4 is 28.3 Å². The number of thiazole rings is 1. The number of fused-ring (bicyclic) bond motifs is 1. The van der Waals surface area contributed by atoms with E-state index in [-0.39, 0.29) is 17.9 Å². The van der Waals surface area contributed by atoms with E-state index in [1.54, 1.807) is 0 Å². The van der Waals surface area contributed by atoms with Gasteiger partial charge in [-0.3, -0.25) is 14.9 Å². The van der Waals surface area contributed by atoms with Crippen LogP contribution in [0.25, 0.3) is 0 Å². The second kappa shape index (κ2) is 6.93. The first-order chi connectivity index (χ1) is 12.2. The minimum atomic E-state index is -0.364. The summed E-state index contributed by atoms with van der Waals surface area (Å²) in [7, 11) is 0. The van der Waals surface area contributed by atoms with Crippen LogP contribution in [-0.2, 0) is 22.5 Å². The van der Waals surface area contributed by atoms with Crippen molar-refractivity contribution in [2.45, 2.75) is 31.9 Å². The average molecular weight is 357 g/mol. The summed E-state index contributed by atoms with van der Waals surface area (Å²) < 4.78 is 5.40. The van der Waals surface area contributed by atoms with E-state index in [0.717, 1.165) is 23.4 Å². The van der Waals surface area contributed by atoms with E-state index in [2.05, 4.69) is 10.3 Å². The Labute approximate surface area is 149 Å². The van der Waals surface area contributed by atoms with Gasteiger partial charge in [-0.1, -0.05) is 29.5 Å². The summed E-state index contributed by atoms with van der Waals surface area (Å²) in [5.41, 5.74) is 1.67. The molecule has 1 unspecified atom stereocenters. The zero-order valence-corrected chi connectivity index (χ0v) is 14.6. The Bertz CT molecular complexity index is 784. The molecule has 0 spiro atoms. The zero-order valence-electron chi connectivity index (χ0n) is 13.7. The van der Waals surface area contributed by atoms with Crippen LogP contribution in [-0.4, -0.2) is 41.0 Å². The van der Waals surface area contributed by atoms with Crippen LogP contribution in [0.2, 0.25) is 0 Å². The molecule has 0 aliphatic carbocycles. The van der Waals surface area contributed by atoms with E-state index >= 15 is 0 Å². The number of hydrogen-bond acceptors (Lipinski definition) is 5.